The van der Waals surface area contributed by atoms with Crippen molar-refractivity contribution >= 4 is 5.91 Å². The number of carbonyl (C=O) groups excluding carboxylic acids is 1. The Bertz CT molecular complexity index is 458. The molecule has 1 aliphatic rings. The molecule has 104 valence electrons. The van der Waals surface area contributed by atoms with E-state index in [1.165, 1.54) is 25.3 Å². The van der Waals surface area contributed by atoms with Crippen LogP contribution in [-0.4, -0.2) is 12.5 Å². The molecule has 1 amide bonds. The molecule has 1 N–H and O–H groups in total. The molecule has 1 saturated carbocycles. The molecule has 2 rings (SSSR count). The fourth-order valence-corrected chi connectivity index (χ4v) is 2.82. The Kier molecular flexibility index (Phi) is 4.56. The van der Waals surface area contributed by atoms with Crippen LogP contribution < -0.4 is 5.32 Å². The van der Waals surface area contributed by atoms with Crippen molar-refractivity contribution in [3.63, 3.8) is 0 Å². The highest BCUT2D eigenvalue weighted by molar-refractivity contribution is 5.94. The van der Waals surface area contributed by atoms with Crippen LogP contribution in [0.3, 0.4) is 0 Å². The van der Waals surface area contributed by atoms with Crippen LogP contribution in [0.25, 0.3) is 0 Å². The average Bonchev–Trinajstić information content (AvgIpc) is 2.37. The lowest BCUT2D eigenvalue weighted by Gasteiger charge is -2.28. The fraction of sp³-hybridized carbons (Fsp3) is 0.562. The van der Waals surface area contributed by atoms with Crippen molar-refractivity contribution in [1.82, 2.24) is 5.32 Å². The van der Waals surface area contributed by atoms with Gasteiger partial charge in [-0.2, -0.15) is 0 Å². The minimum Gasteiger partial charge on any atom is -0.352 e. The lowest BCUT2D eigenvalue weighted by atomic mass is 9.80. The maximum atomic E-state index is 13.7. The third kappa shape index (κ3) is 3.55. The first-order valence-electron chi connectivity index (χ1n) is 7.12. The summed E-state index contributed by atoms with van der Waals surface area (Å²) in [6.45, 7) is 4.71. The van der Waals surface area contributed by atoms with E-state index in [1.807, 2.05) is 6.92 Å². The molecule has 1 fully saturated rings. The number of halogens is 1. The van der Waals surface area contributed by atoms with Crippen LogP contribution in [0.2, 0.25) is 0 Å². The molecule has 1 aliphatic carbocycles. The number of amides is 1. The van der Waals surface area contributed by atoms with Gasteiger partial charge in [-0.25, -0.2) is 4.39 Å². The molecule has 19 heavy (non-hydrogen) atoms. The van der Waals surface area contributed by atoms with Gasteiger partial charge in [-0.05, 0) is 42.9 Å². The number of benzene rings is 1. The first-order valence-corrected chi connectivity index (χ1v) is 7.12. The third-order valence-electron chi connectivity index (χ3n) is 4.18. The van der Waals surface area contributed by atoms with Gasteiger partial charge < -0.3 is 5.32 Å². The summed E-state index contributed by atoms with van der Waals surface area (Å²) in [4.78, 5) is 12.0. The first kappa shape index (κ1) is 14.0. The Balaban J connectivity index is 1.93. The van der Waals surface area contributed by atoms with E-state index >= 15 is 0 Å². The van der Waals surface area contributed by atoms with Gasteiger partial charge in [0.1, 0.15) is 5.82 Å². The van der Waals surface area contributed by atoms with Crippen molar-refractivity contribution < 1.29 is 9.18 Å². The van der Waals surface area contributed by atoms with Gasteiger partial charge in [0.05, 0.1) is 5.56 Å². The summed E-state index contributed by atoms with van der Waals surface area (Å²) in [5.41, 5.74) is 0.976. The van der Waals surface area contributed by atoms with Crippen molar-refractivity contribution in [2.75, 3.05) is 6.54 Å². The molecule has 0 bridgehead atoms. The number of aryl methyl sites for hydroxylation is 1. The molecule has 1 aromatic rings. The molecule has 3 heteroatoms. The van der Waals surface area contributed by atoms with Gasteiger partial charge in [0.15, 0.2) is 0 Å². The van der Waals surface area contributed by atoms with Gasteiger partial charge in [-0.1, -0.05) is 32.3 Å². The molecule has 2 nitrogen and oxygen atoms in total. The summed E-state index contributed by atoms with van der Waals surface area (Å²) >= 11 is 0. The molecule has 0 saturated heterocycles. The van der Waals surface area contributed by atoms with E-state index in [9.17, 15) is 9.18 Å². The van der Waals surface area contributed by atoms with Crippen LogP contribution in [0.5, 0.6) is 0 Å². The second-order valence-electron chi connectivity index (χ2n) is 5.72. The smallest absolute Gasteiger partial charge is 0.254 e. The largest absolute Gasteiger partial charge is 0.352 e. The maximum absolute atomic E-state index is 13.7. The lowest BCUT2D eigenvalue weighted by molar-refractivity contribution is 0.0932. The van der Waals surface area contributed by atoms with E-state index < -0.39 is 5.82 Å². The second-order valence-corrected chi connectivity index (χ2v) is 5.72. The Labute approximate surface area is 114 Å². The van der Waals surface area contributed by atoms with Crippen LogP contribution in [0.4, 0.5) is 4.39 Å². The molecule has 0 aliphatic heterocycles. The van der Waals surface area contributed by atoms with E-state index in [0.717, 1.165) is 12.0 Å². The van der Waals surface area contributed by atoms with Crippen LogP contribution in [0, 0.1) is 24.6 Å². The van der Waals surface area contributed by atoms with Gasteiger partial charge >= 0.3 is 0 Å². The van der Waals surface area contributed by atoms with E-state index in [-0.39, 0.29) is 11.5 Å². The Morgan fingerprint density at radius 1 is 1.37 bits per heavy atom. The number of rotatable bonds is 3. The number of nitrogens with one attached hydrogen (secondary N) is 1. The number of hydrogen-bond acceptors (Lipinski definition) is 1. The molecule has 0 spiro atoms. The molecular weight excluding hydrogens is 241 g/mol. The Morgan fingerprint density at radius 3 is 2.79 bits per heavy atom. The predicted octanol–water partition coefficient (Wildman–Crippen LogP) is 3.69. The minimum absolute atomic E-state index is 0.147. The average molecular weight is 263 g/mol. The van der Waals surface area contributed by atoms with Crippen LogP contribution in [0.1, 0.15) is 48.5 Å². The Morgan fingerprint density at radius 2 is 2.11 bits per heavy atom. The third-order valence-corrected chi connectivity index (χ3v) is 4.18. The number of carbonyl (C=O) groups is 1. The highest BCUT2D eigenvalue weighted by atomic mass is 19.1. The second kappa shape index (κ2) is 6.18. The van der Waals surface area contributed by atoms with Crippen molar-refractivity contribution in [3.8, 4) is 0 Å². The van der Waals surface area contributed by atoms with E-state index in [2.05, 4.69) is 12.2 Å². The van der Waals surface area contributed by atoms with Crippen LogP contribution >= 0.6 is 0 Å². The van der Waals surface area contributed by atoms with Crippen molar-refractivity contribution in [2.45, 2.75) is 39.5 Å². The first-order chi connectivity index (χ1) is 9.08. The molecule has 1 aromatic carbocycles. The monoisotopic (exact) mass is 263 g/mol. The van der Waals surface area contributed by atoms with E-state index in [4.69, 9.17) is 0 Å². The van der Waals surface area contributed by atoms with E-state index in [1.54, 1.807) is 12.1 Å². The zero-order chi connectivity index (χ0) is 13.8. The van der Waals surface area contributed by atoms with Gasteiger partial charge in [0.25, 0.3) is 5.91 Å². The zero-order valence-electron chi connectivity index (χ0n) is 11.7. The fourth-order valence-electron chi connectivity index (χ4n) is 2.82. The maximum Gasteiger partial charge on any atom is 0.254 e. The topological polar surface area (TPSA) is 29.1 Å². The SMILES string of the molecule is Cc1ccc(C(=O)NCC2CCCCC2C)c(F)c1. The quantitative estimate of drug-likeness (QED) is 0.885. The van der Waals surface area contributed by atoms with Crippen molar-refractivity contribution in [2.24, 2.45) is 11.8 Å². The normalized spacial score (nSPS) is 23.1. The summed E-state index contributed by atoms with van der Waals surface area (Å²) in [6, 6.07) is 4.73. The van der Waals surface area contributed by atoms with Crippen LogP contribution in [0.15, 0.2) is 18.2 Å². The summed E-state index contributed by atoms with van der Waals surface area (Å²) in [5.74, 6) is 0.451. The summed E-state index contributed by atoms with van der Waals surface area (Å²) in [6.07, 6.45) is 4.93. The van der Waals surface area contributed by atoms with Crippen molar-refractivity contribution in [1.29, 1.82) is 0 Å². The molecular formula is C16H22FNO. The number of hydrogen-bond donors (Lipinski definition) is 1. The van der Waals surface area contributed by atoms with Gasteiger partial charge in [0.2, 0.25) is 0 Å². The van der Waals surface area contributed by atoms with Gasteiger partial charge in [0, 0.05) is 6.54 Å². The lowest BCUT2D eigenvalue weighted by Crippen LogP contribution is -2.33. The van der Waals surface area contributed by atoms with Gasteiger partial charge in [-0.3, -0.25) is 4.79 Å². The Hall–Kier alpha value is -1.38. The minimum atomic E-state index is -0.436. The summed E-state index contributed by atoms with van der Waals surface area (Å²) in [5, 5.41) is 2.88. The molecule has 0 radical (unpaired) electrons. The van der Waals surface area contributed by atoms with Crippen molar-refractivity contribution in [3.05, 3.63) is 35.1 Å². The molecule has 2 unspecified atom stereocenters. The highest BCUT2D eigenvalue weighted by Gasteiger charge is 2.22. The van der Waals surface area contributed by atoms with Crippen LogP contribution in [-0.2, 0) is 0 Å². The molecule has 0 aromatic heterocycles. The standard InChI is InChI=1S/C16H22FNO/c1-11-7-8-14(15(17)9-11)16(19)18-10-13-6-4-3-5-12(13)2/h7-9,12-13H,3-6,10H2,1-2H3,(H,18,19). The summed E-state index contributed by atoms with van der Waals surface area (Å²) < 4.78 is 13.7. The summed E-state index contributed by atoms with van der Waals surface area (Å²) in [7, 11) is 0. The highest BCUT2D eigenvalue weighted by Crippen LogP contribution is 2.28. The van der Waals surface area contributed by atoms with E-state index in [0.29, 0.717) is 18.4 Å². The zero-order valence-corrected chi connectivity index (χ0v) is 11.7. The van der Waals surface area contributed by atoms with Gasteiger partial charge in [-0.15, -0.1) is 0 Å². The predicted molar refractivity (Wildman–Crippen MR) is 74.6 cm³/mol. The molecule has 0 heterocycles. The molecule has 2 atom stereocenters.